The van der Waals surface area contributed by atoms with E-state index < -0.39 is 23.6 Å². The first-order valence-corrected chi connectivity index (χ1v) is 12.0. The summed E-state index contributed by atoms with van der Waals surface area (Å²) in [5.74, 6) is 0.0431. The van der Waals surface area contributed by atoms with Gasteiger partial charge in [0.15, 0.2) is 0 Å². The maximum absolute atomic E-state index is 14.1. The molecule has 0 aliphatic rings. The van der Waals surface area contributed by atoms with Crippen LogP contribution in [0.2, 0.25) is 5.02 Å². The number of hydrogen-bond acceptors (Lipinski definition) is 6. The number of thioether (sulfide) groups is 1. The normalized spacial score (nSPS) is 12.6. The summed E-state index contributed by atoms with van der Waals surface area (Å²) in [5.41, 5.74) is 1.65. The third kappa shape index (κ3) is 5.90. The SMILES string of the molecule is CC(C)(C)OC(=O)NC(Cc1c[nH]c2ccccc12)c1nnc(SCc2c(F)cccc2Cl)o1. The second-order valence-electron chi connectivity index (χ2n) is 8.66. The molecule has 1 amide bonds. The first kappa shape index (κ1) is 24.1. The molecule has 0 aliphatic carbocycles. The van der Waals surface area contributed by atoms with Gasteiger partial charge in [-0.05, 0) is 44.5 Å². The molecule has 0 bridgehead atoms. The molecule has 2 aromatic carbocycles. The van der Waals surface area contributed by atoms with Crippen molar-refractivity contribution in [1.82, 2.24) is 20.5 Å². The zero-order valence-electron chi connectivity index (χ0n) is 18.9. The second-order valence-corrected chi connectivity index (χ2v) is 9.99. The number of nitrogens with one attached hydrogen (secondary N) is 2. The van der Waals surface area contributed by atoms with E-state index in [0.29, 0.717) is 17.0 Å². The van der Waals surface area contributed by atoms with E-state index in [4.69, 9.17) is 20.8 Å². The number of para-hydroxylation sites is 1. The summed E-state index contributed by atoms with van der Waals surface area (Å²) >= 11 is 7.27. The number of aromatic nitrogens is 3. The first-order valence-electron chi connectivity index (χ1n) is 10.6. The number of H-pyrrole nitrogens is 1. The van der Waals surface area contributed by atoms with Crippen molar-refractivity contribution in [2.75, 3.05) is 0 Å². The van der Waals surface area contributed by atoms with E-state index in [1.54, 1.807) is 32.9 Å². The van der Waals surface area contributed by atoms with Crippen LogP contribution in [-0.2, 0) is 16.9 Å². The fourth-order valence-corrected chi connectivity index (χ4v) is 4.51. The Hall–Kier alpha value is -3.04. The molecule has 2 heterocycles. The molecule has 34 heavy (non-hydrogen) atoms. The van der Waals surface area contributed by atoms with E-state index in [9.17, 15) is 9.18 Å². The zero-order valence-corrected chi connectivity index (χ0v) is 20.5. The average Bonchev–Trinajstić information content (AvgIpc) is 3.39. The molecule has 10 heteroatoms. The van der Waals surface area contributed by atoms with Gasteiger partial charge >= 0.3 is 6.09 Å². The lowest BCUT2D eigenvalue weighted by Gasteiger charge is -2.22. The highest BCUT2D eigenvalue weighted by Crippen LogP contribution is 2.30. The van der Waals surface area contributed by atoms with E-state index in [2.05, 4.69) is 20.5 Å². The van der Waals surface area contributed by atoms with Gasteiger partial charge in [0.2, 0.25) is 5.89 Å². The van der Waals surface area contributed by atoms with Crippen molar-refractivity contribution >= 4 is 40.4 Å². The molecule has 0 aliphatic heterocycles. The number of benzene rings is 2. The summed E-state index contributed by atoms with van der Waals surface area (Å²) in [7, 11) is 0. The van der Waals surface area contributed by atoms with Crippen LogP contribution in [0.1, 0.15) is 43.8 Å². The minimum Gasteiger partial charge on any atom is -0.444 e. The molecular weight excluding hydrogens is 479 g/mol. The molecule has 2 N–H and O–H groups in total. The van der Waals surface area contributed by atoms with Gasteiger partial charge < -0.3 is 19.5 Å². The van der Waals surface area contributed by atoms with Gasteiger partial charge in [0.05, 0.1) is 0 Å². The maximum Gasteiger partial charge on any atom is 0.408 e. The van der Waals surface area contributed by atoms with Crippen molar-refractivity contribution in [3.8, 4) is 0 Å². The van der Waals surface area contributed by atoms with Gasteiger partial charge in [0.1, 0.15) is 17.5 Å². The Kier molecular flexibility index (Phi) is 7.13. The fraction of sp³-hybridized carbons (Fsp3) is 0.292. The number of fused-ring (bicyclic) bond motifs is 1. The predicted molar refractivity (Wildman–Crippen MR) is 129 cm³/mol. The van der Waals surface area contributed by atoms with Gasteiger partial charge in [0.25, 0.3) is 5.22 Å². The number of amides is 1. The number of hydrogen-bond donors (Lipinski definition) is 2. The second kappa shape index (κ2) is 10.1. The maximum atomic E-state index is 14.1. The molecule has 4 rings (SSSR count). The number of alkyl carbamates (subject to hydrolysis) is 1. The van der Waals surface area contributed by atoms with Gasteiger partial charge in [-0.2, -0.15) is 0 Å². The molecule has 1 unspecified atom stereocenters. The van der Waals surface area contributed by atoms with Crippen molar-refractivity contribution in [2.45, 2.75) is 49.8 Å². The Morgan fingerprint density at radius 1 is 1.24 bits per heavy atom. The summed E-state index contributed by atoms with van der Waals surface area (Å²) in [5, 5.41) is 12.6. The van der Waals surface area contributed by atoms with Crippen molar-refractivity contribution < 1.29 is 18.3 Å². The molecule has 1 atom stereocenters. The molecule has 7 nitrogen and oxygen atoms in total. The highest BCUT2D eigenvalue weighted by Gasteiger charge is 2.26. The summed E-state index contributed by atoms with van der Waals surface area (Å²) in [6, 6.07) is 11.8. The highest BCUT2D eigenvalue weighted by molar-refractivity contribution is 7.98. The van der Waals surface area contributed by atoms with Crippen LogP contribution in [0.25, 0.3) is 10.9 Å². The smallest absolute Gasteiger partial charge is 0.408 e. The topological polar surface area (TPSA) is 93.0 Å². The first-order chi connectivity index (χ1) is 16.2. The van der Waals surface area contributed by atoms with Crippen LogP contribution in [-0.4, -0.2) is 26.9 Å². The van der Waals surface area contributed by atoms with Crippen molar-refractivity contribution in [3.05, 3.63) is 76.5 Å². The highest BCUT2D eigenvalue weighted by atomic mass is 35.5. The lowest BCUT2D eigenvalue weighted by atomic mass is 10.1. The van der Waals surface area contributed by atoms with Crippen molar-refractivity contribution in [2.24, 2.45) is 0 Å². The number of halogens is 2. The zero-order chi connectivity index (χ0) is 24.3. The quantitative estimate of drug-likeness (QED) is 0.282. The fourth-order valence-electron chi connectivity index (χ4n) is 3.39. The number of nitrogens with zero attached hydrogens (tertiary/aromatic N) is 2. The molecule has 0 saturated carbocycles. The third-order valence-electron chi connectivity index (χ3n) is 4.91. The lowest BCUT2D eigenvalue weighted by Crippen LogP contribution is -2.36. The summed E-state index contributed by atoms with van der Waals surface area (Å²) < 4.78 is 25.3. The van der Waals surface area contributed by atoms with E-state index in [1.807, 2.05) is 30.5 Å². The molecule has 2 aromatic heterocycles. The summed E-state index contributed by atoms with van der Waals surface area (Å²) in [6.07, 6.45) is 1.69. The standard InChI is InChI=1S/C24H24ClFN4O3S/c1-24(2,3)33-22(31)28-20(11-14-12-27-19-10-5-4-7-15(14)19)21-29-30-23(32-21)34-13-16-17(25)8-6-9-18(16)26/h4-10,12,20,27H,11,13H2,1-3H3,(H,28,31). The Balaban J connectivity index is 1.55. The van der Waals surface area contributed by atoms with Gasteiger partial charge in [-0.15, -0.1) is 10.2 Å². The largest absolute Gasteiger partial charge is 0.444 e. The van der Waals surface area contributed by atoms with E-state index in [1.165, 1.54) is 6.07 Å². The van der Waals surface area contributed by atoms with E-state index in [0.717, 1.165) is 28.2 Å². The van der Waals surface area contributed by atoms with Gasteiger partial charge in [-0.1, -0.05) is 47.6 Å². The summed E-state index contributed by atoms with van der Waals surface area (Å²) in [6.45, 7) is 5.36. The molecular formula is C24H24ClFN4O3S. The molecule has 0 radical (unpaired) electrons. The van der Waals surface area contributed by atoms with Gasteiger partial charge in [-0.3, -0.25) is 0 Å². The Labute approximate surface area is 205 Å². The minimum absolute atomic E-state index is 0.221. The van der Waals surface area contributed by atoms with Crippen LogP contribution in [0, 0.1) is 5.82 Å². The Bertz CT molecular complexity index is 1280. The third-order valence-corrected chi connectivity index (χ3v) is 6.11. The lowest BCUT2D eigenvalue weighted by molar-refractivity contribution is 0.0494. The molecule has 178 valence electrons. The van der Waals surface area contributed by atoms with E-state index in [-0.39, 0.29) is 16.9 Å². The number of carbonyl (C=O) groups excluding carboxylic acids is 1. The van der Waals surface area contributed by atoms with E-state index >= 15 is 0 Å². The van der Waals surface area contributed by atoms with Crippen LogP contribution in [0.4, 0.5) is 9.18 Å². The van der Waals surface area contributed by atoms with Crippen LogP contribution < -0.4 is 5.32 Å². The van der Waals surface area contributed by atoms with Crippen LogP contribution >= 0.6 is 23.4 Å². The van der Waals surface area contributed by atoms with Crippen molar-refractivity contribution in [3.63, 3.8) is 0 Å². The number of carbonyl (C=O) groups is 1. The molecule has 4 aromatic rings. The Morgan fingerprint density at radius 2 is 2.03 bits per heavy atom. The predicted octanol–water partition coefficient (Wildman–Crippen LogP) is 6.44. The van der Waals surface area contributed by atoms with Crippen LogP contribution in [0.15, 0.2) is 58.3 Å². The number of aromatic amines is 1. The number of ether oxygens (including phenoxy) is 1. The van der Waals surface area contributed by atoms with Crippen molar-refractivity contribution in [1.29, 1.82) is 0 Å². The average molecular weight is 503 g/mol. The molecule has 0 saturated heterocycles. The Morgan fingerprint density at radius 3 is 2.79 bits per heavy atom. The molecule has 0 spiro atoms. The van der Waals surface area contributed by atoms with Crippen LogP contribution in [0.3, 0.4) is 0 Å². The van der Waals surface area contributed by atoms with Crippen LogP contribution in [0.5, 0.6) is 0 Å². The van der Waals surface area contributed by atoms with Gasteiger partial charge in [-0.25, -0.2) is 9.18 Å². The monoisotopic (exact) mass is 502 g/mol. The number of rotatable bonds is 7. The molecule has 0 fully saturated rings. The minimum atomic E-state index is -0.662. The summed E-state index contributed by atoms with van der Waals surface area (Å²) in [4.78, 5) is 15.8. The van der Waals surface area contributed by atoms with Gasteiger partial charge in [0, 0.05) is 39.9 Å².